The molecule has 7 heteroatoms. The lowest BCUT2D eigenvalue weighted by Gasteiger charge is -2.45. The number of rotatable bonds is 4. The molecule has 1 saturated carbocycles. The molecule has 1 aromatic carbocycles. The minimum atomic E-state index is -0.534. The lowest BCUT2D eigenvalue weighted by molar-refractivity contribution is -0.135. The van der Waals surface area contributed by atoms with Crippen LogP contribution in [-0.2, 0) is 14.9 Å². The Balaban J connectivity index is 1.73. The fourth-order valence-electron chi connectivity index (χ4n) is 4.42. The number of amides is 2. The van der Waals surface area contributed by atoms with Gasteiger partial charge in [0, 0.05) is 36.1 Å². The Kier molecular flexibility index (Phi) is 6.74. The molecule has 2 aliphatic rings. The molecule has 6 nitrogen and oxygen atoms in total. The predicted octanol–water partition coefficient (Wildman–Crippen LogP) is 3.48. The molecule has 3 rings (SSSR count). The first-order chi connectivity index (χ1) is 13.7. The van der Waals surface area contributed by atoms with Gasteiger partial charge in [0.05, 0.1) is 6.54 Å². The maximum absolute atomic E-state index is 12.3. The lowest BCUT2D eigenvalue weighted by Crippen LogP contribution is -2.55. The summed E-state index contributed by atoms with van der Waals surface area (Å²) in [5.74, 6) is 0.184. The number of alkyl carbamates (subject to hydrolysis) is 1. The third-order valence-electron chi connectivity index (χ3n) is 5.89. The highest BCUT2D eigenvalue weighted by atomic mass is 35.5. The van der Waals surface area contributed by atoms with Crippen LogP contribution in [0.5, 0.6) is 0 Å². The summed E-state index contributed by atoms with van der Waals surface area (Å²) >= 11 is 6.27. The fourth-order valence-corrected chi connectivity index (χ4v) is 4.61. The Morgan fingerprint density at radius 2 is 2.07 bits per heavy atom. The van der Waals surface area contributed by atoms with Gasteiger partial charge in [-0.05, 0) is 64.2 Å². The Hall–Kier alpha value is -1.79. The van der Waals surface area contributed by atoms with Gasteiger partial charge >= 0.3 is 6.09 Å². The Labute approximate surface area is 178 Å². The van der Waals surface area contributed by atoms with Crippen LogP contribution in [0, 0.1) is 0 Å². The van der Waals surface area contributed by atoms with Gasteiger partial charge in [0.15, 0.2) is 0 Å². The van der Waals surface area contributed by atoms with Crippen molar-refractivity contribution in [1.29, 1.82) is 0 Å². The van der Waals surface area contributed by atoms with Crippen LogP contribution in [-0.4, -0.2) is 54.7 Å². The van der Waals surface area contributed by atoms with Crippen LogP contribution in [0.3, 0.4) is 0 Å². The minimum absolute atomic E-state index is 0.184. The van der Waals surface area contributed by atoms with Crippen molar-refractivity contribution in [1.82, 2.24) is 15.5 Å². The number of hydrogen-bond donors (Lipinski definition) is 2. The molecular formula is C22H32ClN3O3. The number of nitrogens with zero attached hydrogens (tertiary/aromatic N) is 1. The van der Waals surface area contributed by atoms with Crippen LogP contribution in [0.2, 0.25) is 5.02 Å². The van der Waals surface area contributed by atoms with Crippen molar-refractivity contribution in [2.24, 2.45) is 0 Å². The van der Waals surface area contributed by atoms with Gasteiger partial charge in [-0.15, -0.1) is 0 Å². The molecular weight excluding hydrogens is 390 g/mol. The first kappa shape index (κ1) is 21.9. The van der Waals surface area contributed by atoms with Crippen LogP contribution < -0.4 is 10.6 Å². The molecule has 1 aromatic rings. The number of halogens is 1. The third kappa shape index (κ3) is 5.64. The van der Waals surface area contributed by atoms with E-state index in [2.05, 4.69) is 16.7 Å². The smallest absolute Gasteiger partial charge is 0.407 e. The molecule has 0 aromatic heterocycles. The van der Waals surface area contributed by atoms with Crippen LogP contribution in [0.1, 0.15) is 52.0 Å². The van der Waals surface area contributed by atoms with Crippen molar-refractivity contribution in [3.8, 4) is 0 Å². The van der Waals surface area contributed by atoms with Crippen molar-refractivity contribution in [3.63, 3.8) is 0 Å². The van der Waals surface area contributed by atoms with Gasteiger partial charge < -0.3 is 20.3 Å². The quantitative estimate of drug-likeness (QED) is 0.780. The average molecular weight is 422 g/mol. The van der Waals surface area contributed by atoms with Gasteiger partial charge in [-0.1, -0.05) is 23.7 Å². The molecule has 2 fully saturated rings. The molecule has 160 valence electrons. The lowest BCUT2D eigenvalue weighted by atomic mass is 9.67. The van der Waals surface area contributed by atoms with Gasteiger partial charge in [0.25, 0.3) is 0 Å². The monoisotopic (exact) mass is 421 g/mol. The number of benzene rings is 1. The number of carbonyl (C=O) groups is 2. The molecule has 0 spiro atoms. The topological polar surface area (TPSA) is 70.7 Å². The summed E-state index contributed by atoms with van der Waals surface area (Å²) in [7, 11) is 0. The van der Waals surface area contributed by atoms with E-state index >= 15 is 0 Å². The average Bonchev–Trinajstić information content (AvgIpc) is 2.66. The highest BCUT2D eigenvalue weighted by Gasteiger charge is 2.40. The molecule has 2 amide bonds. The Morgan fingerprint density at radius 1 is 1.34 bits per heavy atom. The number of nitrogens with one attached hydrogen (secondary N) is 2. The summed E-state index contributed by atoms with van der Waals surface area (Å²) in [6.45, 7) is 8.10. The van der Waals surface area contributed by atoms with Crippen molar-refractivity contribution in [2.45, 2.75) is 63.5 Å². The van der Waals surface area contributed by atoms with E-state index in [1.165, 1.54) is 0 Å². The van der Waals surface area contributed by atoms with E-state index in [1.807, 2.05) is 43.9 Å². The summed E-state index contributed by atoms with van der Waals surface area (Å²) in [6, 6.07) is 8.16. The molecule has 1 aliphatic heterocycles. The van der Waals surface area contributed by atoms with Crippen LogP contribution in [0.4, 0.5) is 4.79 Å². The molecule has 1 heterocycles. The zero-order valence-electron chi connectivity index (χ0n) is 17.6. The van der Waals surface area contributed by atoms with Gasteiger partial charge in [-0.3, -0.25) is 4.79 Å². The number of ether oxygens (including phenoxy) is 1. The van der Waals surface area contributed by atoms with Gasteiger partial charge in [0.2, 0.25) is 5.91 Å². The molecule has 0 radical (unpaired) electrons. The molecule has 0 atom stereocenters. The normalized spacial score (nSPS) is 25.6. The van der Waals surface area contributed by atoms with E-state index in [-0.39, 0.29) is 17.4 Å². The van der Waals surface area contributed by atoms with Gasteiger partial charge in [-0.25, -0.2) is 4.79 Å². The first-order valence-electron chi connectivity index (χ1n) is 10.4. The summed E-state index contributed by atoms with van der Waals surface area (Å²) in [6.07, 6.45) is 3.18. The minimum Gasteiger partial charge on any atom is -0.444 e. The maximum Gasteiger partial charge on any atom is 0.407 e. The number of carbonyl (C=O) groups excluding carboxylic acids is 2. The second kappa shape index (κ2) is 8.92. The highest BCUT2D eigenvalue weighted by molar-refractivity contribution is 6.30. The Morgan fingerprint density at radius 3 is 2.69 bits per heavy atom. The van der Waals surface area contributed by atoms with Crippen LogP contribution in [0.15, 0.2) is 24.3 Å². The van der Waals surface area contributed by atoms with E-state index in [0.29, 0.717) is 18.1 Å². The largest absolute Gasteiger partial charge is 0.444 e. The predicted molar refractivity (Wildman–Crippen MR) is 114 cm³/mol. The number of hydrogen-bond acceptors (Lipinski definition) is 4. The van der Waals surface area contributed by atoms with Gasteiger partial charge in [-0.2, -0.15) is 0 Å². The molecule has 1 saturated heterocycles. The van der Waals surface area contributed by atoms with Crippen molar-refractivity contribution >= 4 is 23.6 Å². The molecule has 2 N–H and O–H groups in total. The van der Waals surface area contributed by atoms with E-state index in [4.69, 9.17) is 16.3 Å². The van der Waals surface area contributed by atoms with E-state index < -0.39 is 11.7 Å². The third-order valence-corrected chi connectivity index (χ3v) is 6.12. The summed E-state index contributed by atoms with van der Waals surface area (Å²) < 4.78 is 5.43. The highest BCUT2D eigenvalue weighted by Crippen LogP contribution is 2.41. The zero-order chi connectivity index (χ0) is 21.1. The molecule has 0 unspecified atom stereocenters. The molecule has 1 aliphatic carbocycles. The second-order valence-corrected chi connectivity index (χ2v) is 9.58. The fraction of sp³-hybridized carbons (Fsp3) is 0.636. The van der Waals surface area contributed by atoms with E-state index in [0.717, 1.165) is 44.3 Å². The Bertz CT molecular complexity index is 739. The second-order valence-electron chi connectivity index (χ2n) is 9.14. The van der Waals surface area contributed by atoms with E-state index in [9.17, 15) is 9.59 Å². The number of piperazine rings is 1. The standard InChI is InChI=1S/C22H32ClN3O3/c1-21(2,3)29-20(28)25-15-22(16-5-4-6-17(23)13-16)9-7-18(8-10-22)26-12-11-24-14-19(26)27/h4-6,13,18,24H,7-12,14-15H2,1-3H3,(H,25,28). The van der Waals surface area contributed by atoms with Crippen molar-refractivity contribution in [2.75, 3.05) is 26.2 Å². The van der Waals surface area contributed by atoms with Gasteiger partial charge in [0.1, 0.15) is 5.60 Å². The SMILES string of the molecule is CC(C)(C)OC(=O)NCC1(c2cccc(Cl)c2)CCC(N2CCNCC2=O)CC1. The van der Waals surface area contributed by atoms with Crippen molar-refractivity contribution in [3.05, 3.63) is 34.9 Å². The zero-order valence-corrected chi connectivity index (χ0v) is 18.3. The summed E-state index contributed by atoms with van der Waals surface area (Å²) in [5.41, 5.74) is 0.384. The molecule has 0 bridgehead atoms. The van der Waals surface area contributed by atoms with Crippen LogP contribution in [0.25, 0.3) is 0 Å². The summed E-state index contributed by atoms with van der Waals surface area (Å²) in [4.78, 5) is 26.6. The van der Waals surface area contributed by atoms with Crippen LogP contribution >= 0.6 is 11.6 Å². The first-order valence-corrected chi connectivity index (χ1v) is 10.8. The molecule has 29 heavy (non-hydrogen) atoms. The van der Waals surface area contributed by atoms with Crippen molar-refractivity contribution < 1.29 is 14.3 Å². The summed E-state index contributed by atoms with van der Waals surface area (Å²) in [5, 5.41) is 6.81. The maximum atomic E-state index is 12.3. The van der Waals surface area contributed by atoms with E-state index in [1.54, 1.807) is 0 Å².